The summed E-state index contributed by atoms with van der Waals surface area (Å²) in [4.78, 5) is 17.0. The van der Waals surface area contributed by atoms with Gasteiger partial charge in [0.2, 0.25) is 0 Å². The molecule has 2 aromatic heterocycles. The zero-order valence-electron chi connectivity index (χ0n) is 16.5. The molecule has 4 aromatic rings. The molecule has 1 amide bonds. The van der Waals surface area contributed by atoms with Gasteiger partial charge < -0.3 is 14.6 Å². The third-order valence-electron chi connectivity index (χ3n) is 4.43. The normalized spacial score (nSPS) is 10.8. The van der Waals surface area contributed by atoms with Crippen LogP contribution in [0.15, 0.2) is 76.4 Å². The Morgan fingerprint density at radius 1 is 1.10 bits per heavy atom. The number of carbonyl (C=O) groups excluding carboxylic acids is 1. The van der Waals surface area contributed by atoms with Crippen molar-refractivity contribution in [3.63, 3.8) is 0 Å². The summed E-state index contributed by atoms with van der Waals surface area (Å²) >= 11 is 1.45. The van der Waals surface area contributed by atoms with Gasteiger partial charge in [-0.1, -0.05) is 47.3 Å². The van der Waals surface area contributed by atoms with Crippen molar-refractivity contribution in [1.29, 1.82) is 0 Å². The summed E-state index contributed by atoms with van der Waals surface area (Å²) in [6.07, 6.45) is 1.68. The van der Waals surface area contributed by atoms with Crippen molar-refractivity contribution in [3.05, 3.63) is 83.9 Å². The van der Waals surface area contributed by atoms with E-state index in [0.717, 1.165) is 22.6 Å². The number of hydrogen-bond acceptors (Lipinski definition) is 6. The monoisotopic (exact) mass is 419 g/mol. The molecule has 0 aliphatic heterocycles. The number of carbonyl (C=O) groups is 1. The van der Waals surface area contributed by atoms with Crippen LogP contribution in [0.1, 0.15) is 21.8 Å². The fourth-order valence-electron chi connectivity index (χ4n) is 2.99. The second kappa shape index (κ2) is 9.45. The van der Waals surface area contributed by atoms with Crippen LogP contribution in [-0.2, 0) is 5.75 Å². The molecule has 0 aliphatic carbocycles. The minimum Gasteiger partial charge on any atom is -0.492 e. The molecule has 0 fully saturated rings. The molecule has 0 radical (unpaired) electrons. The number of ether oxygens (including phenoxy) is 1. The Balaban J connectivity index is 1.30. The standard InChI is InChI=1S/C23H21N3O3S/c1-16-13-19(26-29-16)15-30-23-21(7-4-10-25-23)22(27)24-11-12-28-20-9-8-17-5-2-3-6-18(17)14-20/h2-10,13-14H,11-12,15H2,1H3,(H,24,27). The first-order valence-electron chi connectivity index (χ1n) is 9.59. The maximum Gasteiger partial charge on any atom is 0.254 e. The summed E-state index contributed by atoms with van der Waals surface area (Å²) in [5.74, 6) is 1.95. The van der Waals surface area contributed by atoms with E-state index in [9.17, 15) is 4.79 Å². The summed E-state index contributed by atoms with van der Waals surface area (Å²) in [5, 5.41) is 9.82. The molecule has 0 spiro atoms. The van der Waals surface area contributed by atoms with E-state index in [0.29, 0.717) is 29.5 Å². The van der Waals surface area contributed by atoms with Gasteiger partial charge >= 0.3 is 0 Å². The number of nitrogens with one attached hydrogen (secondary N) is 1. The van der Waals surface area contributed by atoms with Gasteiger partial charge in [-0.3, -0.25) is 4.79 Å². The van der Waals surface area contributed by atoms with Gasteiger partial charge in [0.1, 0.15) is 23.1 Å². The summed E-state index contributed by atoms with van der Waals surface area (Å²) in [5.41, 5.74) is 1.35. The first kappa shape index (κ1) is 20.0. The van der Waals surface area contributed by atoms with E-state index in [1.54, 1.807) is 18.3 Å². The Hall–Kier alpha value is -3.32. The van der Waals surface area contributed by atoms with Gasteiger partial charge in [0.05, 0.1) is 17.8 Å². The maximum atomic E-state index is 12.6. The van der Waals surface area contributed by atoms with E-state index in [4.69, 9.17) is 9.26 Å². The van der Waals surface area contributed by atoms with Crippen LogP contribution < -0.4 is 10.1 Å². The van der Waals surface area contributed by atoms with E-state index in [-0.39, 0.29) is 5.91 Å². The highest BCUT2D eigenvalue weighted by Crippen LogP contribution is 2.24. The third-order valence-corrected chi connectivity index (χ3v) is 5.47. The van der Waals surface area contributed by atoms with Crippen molar-refractivity contribution < 1.29 is 14.1 Å². The molecule has 2 aromatic carbocycles. The molecule has 0 atom stereocenters. The highest BCUT2D eigenvalue weighted by atomic mass is 32.2. The van der Waals surface area contributed by atoms with Crippen LogP contribution in [0.2, 0.25) is 0 Å². The molecule has 30 heavy (non-hydrogen) atoms. The number of hydrogen-bond donors (Lipinski definition) is 1. The largest absolute Gasteiger partial charge is 0.492 e. The molecule has 0 saturated heterocycles. The van der Waals surface area contributed by atoms with Crippen molar-refractivity contribution in [2.24, 2.45) is 0 Å². The quantitative estimate of drug-likeness (QED) is 0.331. The Morgan fingerprint density at radius 3 is 2.80 bits per heavy atom. The molecule has 0 bridgehead atoms. The van der Waals surface area contributed by atoms with E-state index in [1.165, 1.54) is 17.1 Å². The van der Waals surface area contributed by atoms with Crippen LogP contribution in [0, 0.1) is 6.92 Å². The van der Waals surface area contributed by atoms with Gasteiger partial charge in [0.25, 0.3) is 5.91 Å². The SMILES string of the molecule is Cc1cc(CSc2ncccc2C(=O)NCCOc2ccc3ccccc3c2)no1. The molecule has 0 aliphatic rings. The lowest BCUT2D eigenvalue weighted by Gasteiger charge is -2.10. The average Bonchev–Trinajstić information content (AvgIpc) is 3.20. The van der Waals surface area contributed by atoms with E-state index in [1.807, 2.05) is 49.4 Å². The number of benzene rings is 2. The van der Waals surface area contributed by atoms with Gasteiger partial charge in [-0.2, -0.15) is 0 Å². The fraction of sp³-hybridized carbons (Fsp3) is 0.174. The zero-order valence-corrected chi connectivity index (χ0v) is 17.3. The van der Waals surface area contributed by atoms with Crippen LogP contribution in [0.4, 0.5) is 0 Å². The van der Waals surface area contributed by atoms with Crippen LogP contribution in [0.5, 0.6) is 5.75 Å². The molecule has 152 valence electrons. The second-order valence-electron chi connectivity index (χ2n) is 6.69. The van der Waals surface area contributed by atoms with Crippen molar-refractivity contribution in [2.45, 2.75) is 17.7 Å². The Morgan fingerprint density at radius 2 is 1.97 bits per heavy atom. The lowest BCUT2D eigenvalue weighted by molar-refractivity contribution is 0.0943. The summed E-state index contributed by atoms with van der Waals surface area (Å²) in [7, 11) is 0. The summed E-state index contributed by atoms with van der Waals surface area (Å²) in [6, 6.07) is 19.5. The van der Waals surface area contributed by atoms with Crippen LogP contribution in [0.3, 0.4) is 0 Å². The average molecular weight is 420 g/mol. The molecule has 7 heteroatoms. The predicted octanol–water partition coefficient (Wildman–Crippen LogP) is 4.63. The van der Waals surface area contributed by atoms with E-state index in [2.05, 4.69) is 21.5 Å². The van der Waals surface area contributed by atoms with Crippen LogP contribution in [0.25, 0.3) is 10.8 Å². The Kier molecular flexibility index (Phi) is 6.29. The number of thioether (sulfide) groups is 1. The predicted molar refractivity (Wildman–Crippen MR) is 117 cm³/mol. The maximum absolute atomic E-state index is 12.6. The second-order valence-corrected chi connectivity index (χ2v) is 7.65. The topological polar surface area (TPSA) is 77.2 Å². The molecule has 2 heterocycles. The number of aromatic nitrogens is 2. The number of fused-ring (bicyclic) bond motifs is 1. The van der Waals surface area contributed by atoms with Crippen molar-refractivity contribution in [1.82, 2.24) is 15.5 Å². The number of pyridine rings is 1. The minimum absolute atomic E-state index is 0.177. The molecular formula is C23H21N3O3S. The Bertz CT molecular complexity index is 1160. The molecule has 0 unspecified atom stereocenters. The smallest absolute Gasteiger partial charge is 0.254 e. The lowest BCUT2D eigenvalue weighted by Crippen LogP contribution is -2.28. The van der Waals surface area contributed by atoms with Gasteiger partial charge in [-0.05, 0) is 42.0 Å². The van der Waals surface area contributed by atoms with Crippen molar-refractivity contribution >= 4 is 28.4 Å². The first-order valence-corrected chi connectivity index (χ1v) is 10.6. The first-order chi connectivity index (χ1) is 14.7. The molecule has 1 N–H and O–H groups in total. The molecule has 0 saturated carbocycles. The van der Waals surface area contributed by atoms with Crippen molar-refractivity contribution in [3.8, 4) is 5.75 Å². The minimum atomic E-state index is -0.177. The van der Waals surface area contributed by atoms with Gasteiger partial charge in [0, 0.05) is 18.0 Å². The molecule has 4 rings (SSSR count). The number of nitrogens with zero attached hydrogens (tertiary/aromatic N) is 2. The van der Waals surface area contributed by atoms with Crippen molar-refractivity contribution in [2.75, 3.05) is 13.2 Å². The molecule has 6 nitrogen and oxygen atoms in total. The lowest BCUT2D eigenvalue weighted by atomic mass is 10.1. The van der Waals surface area contributed by atoms with Gasteiger partial charge in [-0.15, -0.1) is 0 Å². The number of amides is 1. The number of aryl methyl sites for hydroxylation is 1. The highest BCUT2D eigenvalue weighted by Gasteiger charge is 2.13. The van der Waals surface area contributed by atoms with Crippen LogP contribution in [-0.4, -0.2) is 29.2 Å². The highest BCUT2D eigenvalue weighted by molar-refractivity contribution is 7.98. The fourth-order valence-corrected chi connectivity index (χ4v) is 3.87. The number of rotatable bonds is 8. The summed E-state index contributed by atoms with van der Waals surface area (Å²) in [6.45, 7) is 2.62. The molecular weight excluding hydrogens is 398 g/mol. The van der Waals surface area contributed by atoms with Gasteiger partial charge in [0.15, 0.2) is 0 Å². The van der Waals surface area contributed by atoms with E-state index < -0.39 is 0 Å². The summed E-state index contributed by atoms with van der Waals surface area (Å²) < 4.78 is 10.9. The van der Waals surface area contributed by atoms with E-state index >= 15 is 0 Å². The zero-order chi connectivity index (χ0) is 20.8. The Labute approximate surface area is 178 Å². The van der Waals surface area contributed by atoms with Gasteiger partial charge in [-0.25, -0.2) is 4.98 Å². The van der Waals surface area contributed by atoms with Crippen LogP contribution >= 0.6 is 11.8 Å². The third kappa shape index (κ3) is 4.99.